The lowest BCUT2D eigenvalue weighted by molar-refractivity contribution is 0.644. The van der Waals surface area contributed by atoms with E-state index in [4.69, 9.17) is 16.9 Å². The van der Waals surface area contributed by atoms with Crippen molar-refractivity contribution in [2.24, 2.45) is 0 Å². The molecule has 16 heavy (non-hydrogen) atoms. The molecule has 0 amide bonds. The summed E-state index contributed by atoms with van der Waals surface area (Å²) in [6, 6.07) is 7.97. The zero-order valence-electron chi connectivity index (χ0n) is 8.91. The lowest BCUT2D eigenvalue weighted by Gasteiger charge is -2.21. The summed E-state index contributed by atoms with van der Waals surface area (Å²) in [7, 11) is 0. The zero-order chi connectivity index (χ0) is 11.4. The molecule has 1 aliphatic carbocycles. The quantitative estimate of drug-likeness (QED) is 0.789. The van der Waals surface area contributed by atoms with Crippen molar-refractivity contribution in [2.45, 2.75) is 25.3 Å². The van der Waals surface area contributed by atoms with Gasteiger partial charge in [0, 0.05) is 11.1 Å². The van der Waals surface area contributed by atoms with Gasteiger partial charge in [-0.3, -0.25) is 0 Å². The SMILES string of the molecule is N#Cc1cc(Cl)ccc1NC1CC=CCC1. The summed E-state index contributed by atoms with van der Waals surface area (Å²) in [5.74, 6) is 0. The van der Waals surface area contributed by atoms with E-state index in [-0.39, 0.29) is 0 Å². The molecule has 0 heterocycles. The molecule has 82 valence electrons. The highest BCUT2D eigenvalue weighted by atomic mass is 35.5. The normalized spacial score (nSPS) is 19.1. The minimum atomic E-state index is 0.429. The van der Waals surface area contributed by atoms with Gasteiger partial charge < -0.3 is 5.32 Å². The number of hydrogen-bond acceptors (Lipinski definition) is 2. The van der Waals surface area contributed by atoms with Gasteiger partial charge in [-0.05, 0) is 37.5 Å². The van der Waals surface area contributed by atoms with Gasteiger partial charge in [-0.2, -0.15) is 5.26 Å². The predicted octanol–water partition coefficient (Wildman–Crippen LogP) is 3.73. The van der Waals surface area contributed by atoms with Gasteiger partial charge >= 0.3 is 0 Å². The molecule has 1 aromatic carbocycles. The van der Waals surface area contributed by atoms with Crippen LogP contribution in [0, 0.1) is 11.3 Å². The van der Waals surface area contributed by atoms with Gasteiger partial charge in [-0.1, -0.05) is 23.8 Å². The Balaban J connectivity index is 2.15. The van der Waals surface area contributed by atoms with Gasteiger partial charge in [0.15, 0.2) is 0 Å². The molecule has 0 bridgehead atoms. The number of benzene rings is 1. The molecular weight excluding hydrogens is 220 g/mol. The third kappa shape index (κ3) is 2.56. The minimum Gasteiger partial charge on any atom is -0.381 e. The second-order valence-electron chi connectivity index (χ2n) is 3.93. The standard InChI is InChI=1S/C13H13ClN2/c14-11-6-7-13(10(8-11)9-15)16-12-4-2-1-3-5-12/h1-2,6-8,12,16H,3-5H2. The number of halogens is 1. The highest BCUT2D eigenvalue weighted by molar-refractivity contribution is 6.30. The molecule has 1 aromatic rings. The topological polar surface area (TPSA) is 35.8 Å². The maximum atomic E-state index is 9.01. The fourth-order valence-electron chi connectivity index (χ4n) is 1.88. The first-order chi connectivity index (χ1) is 7.79. The summed E-state index contributed by atoms with van der Waals surface area (Å²) in [5, 5.41) is 13.0. The molecule has 0 fully saturated rings. The Labute approximate surface area is 101 Å². The maximum Gasteiger partial charge on any atom is 0.101 e. The van der Waals surface area contributed by atoms with Crippen molar-refractivity contribution < 1.29 is 0 Å². The van der Waals surface area contributed by atoms with Gasteiger partial charge in [-0.15, -0.1) is 0 Å². The van der Waals surface area contributed by atoms with Crippen molar-refractivity contribution in [3.05, 3.63) is 40.9 Å². The highest BCUT2D eigenvalue weighted by Crippen LogP contribution is 2.23. The molecule has 1 N–H and O–H groups in total. The van der Waals surface area contributed by atoms with Crippen LogP contribution in [0.1, 0.15) is 24.8 Å². The molecule has 0 aliphatic heterocycles. The Hall–Kier alpha value is -1.46. The van der Waals surface area contributed by atoms with Crippen molar-refractivity contribution in [3.63, 3.8) is 0 Å². The number of anilines is 1. The molecule has 2 nitrogen and oxygen atoms in total. The van der Waals surface area contributed by atoms with Crippen molar-refractivity contribution >= 4 is 17.3 Å². The fraction of sp³-hybridized carbons (Fsp3) is 0.308. The Morgan fingerprint density at radius 1 is 1.38 bits per heavy atom. The van der Waals surface area contributed by atoms with Crippen LogP contribution in [0.15, 0.2) is 30.4 Å². The molecule has 2 rings (SSSR count). The highest BCUT2D eigenvalue weighted by Gasteiger charge is 2.11. The van der Waals surface area contributed by atoms with E-state index < -0.39 is 0 Å². The maximum absolute atomic E-state index is 9.01. The molecule has 0 saturated heterocycles. The molecule has 0 aromatic heterocycles. The van der Waals surface area contributed by atoms with Gasteiger partial charge in [0.1, 0.15) is 6.07 Å². The van der Waals surface area contributed by atoms with Crippen molar-refractivity contribution in [3.8, 4) is 6.07 Å². The Morgan fingerprint density at radius 2 is 2.25 bits per heavy atom. The third-order valence-electron chi connectivity index (χ3n) is 2.73. The van der Waals surface area contributed by atoms with E-state index in [1.165, 1.54) is 0 Å². The molecule has 0 saturated carbocycles. The monoisotopic (exact) mass is 232 g/mol. The van der Waals surface area contributed by atoms with E-state index in [1.54, 1.807) is 6.07 Å². The first-order valence-corrected chi connectivity index (χ1v) is 5.78. The van der Waals surface area contributed by atoms with Crippen LogP contribution in [-0.2, 0) is 0 Å². The average molecular weight is 233 g/mol. The van der Waals surface area contributed by atoms with E-state index >= 15 is 0 Å². The minimum absolute atomic E-state index is 0.429. The van der Waals surface area contributed by atoms with E-state index in [1.807, 2.05) is 12.1 Å². The predicted molar refractivity (Wildman–Crippen MR) is 66.6 cm³/mol. The summed E-state index contributed by atoms with van der Waals surface area (Å²) in [6.07, 6.45) is 7.62. The summed E-state index contributed by atoms with van der Waals surface area (Å²) < 4.78 is 0. The number of nitriles is 1. The fourth-order valence-corrected chi connectivity index (χ4v) is 2.05. The lowest BCUT2D eigenvalue weighted by Crippen LogP contribution is -2.20. The Kier molecular flexibility index (Phi) is 3.48. The van der Waals surface area contributed by atoms with E-state index in [0.717, 1.165) is 24.9 Å². The number of nitrogens with one attached hydrogen (secondary N) is 1. The first kappa shape index (κ1) is 11.0. The van der Waals surface area contributed by atoms with Crippen LogP contribution in [0.25, 0.3) is 0 Å². The van der Waals surface area contributed by atoms with E-state index in [2.05, 4.69) is 23.5 Å². The molecule has 1 atom stereocenters. The Morgan fingerprint density at radius 3 is 2.94 bits per heavy atom. The molecule has 0 radical (unpaired) electrons. The largest absolute Gasteiger partial charge is 0.381 e. The first-order valence-electron chi connectivity index (χ1n) is 5.41. The van der Waals surface area contributed by atoms with Crippen LogP contribution in [0.5, 0.6) is 0 Å². The number of rotatable bonds is 2. The van der Waals surface area contributed by atoms with Crippen LogP contribution >= 0.6 is 11.6 Å². The van der Waals surface area contributed by atoms with Gasteiger partial charge in [0.05, 0.1) is 11.3 Å². The molecule has 3 heteroatoms. The summed E-state index contributed by atoms with van der Waals surface area (Å²) >= 11 is 5.85. The molecule has 0 spiro atoms. The summed E-state index contributed by atoms with van der Waals surface area (Å²) in [4.78, 5) is 0. The second kappa shape index (κ2) is 5.05. The third-order valence-corrected chi connectivity index (χ3v) is 2.97. The molecule has 1 aliphatic rings. The summed E-state index contributed by atoms with van der Waals surface area (Å²) in [5.41, 5.74) is 1.49. The second-order valence-corrected chi connectivity index (χ2v) is 4.36. The van der Waals surface area contributed by atoms with Gasteiger partial charge in [-0.25, -0.2) is 0 Å². The van der Waals surface area contributed by atoms with Crippen LogP contribution in [-0.4, -0.2) is 6.04 Å². The summed E-state index contributed by atoms with van der Waals surface area (Å²) in [6.45, 7) is 0. The van der Waals surface area contributed by atoms with Crippen LogP contribution in [0.2, 0.25) is 5.02 Å². The van der Waals surface area contributed by atoms with E-state index in [9.17, 15) is 0 Å². The van der Waals surface area contributed by atoms with E-state index in [0.29, 0.717) is 16.6 Å². The van der Waals surface area contributed by atoms with Gasteiger partial charge in [0.2, 0.25) is 0 Å². The number of nitrogens with zero attached hydrogens (tertiary/aromatic N) is 1. The van der Waals surface area contributed by atoms with Crippen LogP contribution in [0.3, 0.4) is 0 Å². The van der Waals surface area contributed by atoms with Crippen LogP contribution in [0.4, 0.5) is 5.69 Å². The number of allylic oxidation sites excluding steroid dienone is 1. The van der Waals surface area contributed by atoms with Crippen molar-refractivity contribution in [1.82, 2.24) is 0 Å². The van der Waals surface area contributed by atoms with Crippen molar-refractivity contribution in [2.75, 3.05) is 5.32 Å². The number of hydrogen-bond donors (Lipinski definition) is 1. The van der Waals surface area contributed by atoms with Crippen molar-refractivity contribution in [1.29, 1.82) is 5.26 Å². The average Bonchev–Trinajstić information content (AvgIpc) is 2.33. The molecular formula is C13H13ClN2. The van der Waals surface area contributed by atoms with Crippen LogP contribution < -0.4 is 5.32 Å². The smallest absolute Gasteiger partial charge is 0.101 e. The van der Waals surface area contributed by atoms with Gasteiger partial charge in [0.25, 0.3) is 0 Å². The molecule has 1 unspecified atom stereocenters. The lowest BCUT2D eigenvalue weighted by atomic mass is 10.0. The zero-order valence-corrected chi connectivity index (χ0v) is 9.67. The Bertz CT molecular complexity index is 446.